The van der Waals surface area contributed by atoms with Crippen LogP contribution in [0.2, 0.25) is 0 Å². The summed E-state index contributed by atoms with van der Waals surface area (Å²) in [5.74, 6) is 1.02. The first-order valence-electron chi connectivity index (χ1n) is 8.02. The smallest absolute Gasteiger partial charge is 0.262 e. The Morgan fingerprint density at radius 1 is 1.05 bits per heavy atom. The maximum atomic E-state index is 4.50. The van der Waals surface area contributed by atoms with E-state index in [1.54, 1.807) is 0 Å². The van der Waals surface area contributed by atoms with Crippen molar-refractivity contribution in [1.29, 1.82) is 0 Å². The van der Waals surface area contributed by atoms with Crippen molar-refractivity contribution in [3.05, 3.63) is 53.2 Å². The highest BCUT2D eigenvalue weighted by Crippen LogP contribution is 2.27. The second-order valence-corrected chi connectivity index (χ2v) is 6.14. The molecule has 2 heterocycles. The fourth-order valence-corrected chi connectivity index (χ4v) is 3.34. The average molecular weight is 294 g/mol. The summed E-state index contributed by atoms with van der Waals surface area (Å²) in [4.78, 5) is 6.89. The molecule has 0 fully saturated rings. The molecule has 114 valence electrons. The Bertz CT molecular complexity index is 666. The zero-order valence-corrected chi connectivity index (χ0v) is 13.7. The van der Waals surface area contributed by atoms with E-state index < -0.39 is 0 Å². The summed E-state index contributed by atoms with van der Waals surface area (Å²) >= 11 is 0. The molecule has 0 saturated carbocycles. The van der Waals surface area contributed by atoms with Crippen molar-refractivity contribution in [2.45, 2.75) is 33.6 Å². The quantitative estimate of drug-likeness (QED) is 0.780. The first-order valence-corrected chi connectivity index (χ1v) is 8.02. The van der Waals surface area contributed by atoms with Crippen LogP contribution in [0.4, 0.5) is 11.5 Å². The number of nitrogens with zero attached hydrogens (tertiary/aromatic N) is 3. The number of benzene rings is 1. The van der Waals surface area contributed by atoms with Gasteiger partial charge in [-0.2, -0.15) is 0 Å². The highest BCUT2D eigenvalue weighted by atomic mass is 15.2. The van der Waals surface area contributed by atoms with Gasteiger partial charge in [-0.1, -0.05) is 23.8 Å². The maximum Gasteiger partial charge on any atom is 0.262 e. The molecule has 1 aromatic heterocycles. The van der Waals surface area contributed by atoms with Gasteiger partial charge in [0.25, 0.3) is 5.82 Å². The van der Waals surface area contributed by atoms with E-state index >= 15 is 0 Å². The summed E-state index contributed by atoms with van der Waals surface area (Å²) in [5, 5.41) is 0. The molecule has 0 amide bonds. The zero-order valence-electron chi connectivity index (χ0n) is 13.7. The van der Waals surface area contributed by atoms with Gasteiger partial charge in [0, 0.05) is 6.07 Å². The van der Waals surface area contributed by atoms with Gasteiger partial charge in [-0.15, -0.1) is 4.98 Å². The molecular formula is C19H24N3+. The largest absolute Gasteiger partial charge is 0.265 e. The summed E-state index contributed by atoms with van der Waals surface area (Å²) in [6.07, 6.45) is 6.49. The van der Waals surface area contributed by atoms with E-state index in [1.807, 2.05) is 18.3 Å². The number of hydrogen-bond donors (Lipinski definition) is 0. The van der Waals surface area contributed by atoms with Crippen molar-refractivity contribution in [1.82, 2.24) is 4.98 Å². The molecule has 3 nitrogen and oxygen atoms in total. The summed E-state index contributed by atoms with van der Waals surface area (Å²) in [6, 6.07) is 10.6. The van der Waals surface area contributed by atoms with E-state index in [9.17, 15) is 0 Å². The van der Waals surface area contributed by atoms with Crippen molar-refractivity contribution < 1.29 is 4.58 Å². The van der Waals surface area contributed by atoms with Crippen LogP contribution in [0, 0.1) is 20.8 Å². The molecule has 0 radical (unpaired) electrons. The van der Waals surface area contributed by atoms with E-state index in [-0.39, 0.29) is 0 Å². The second kappa shape index (κ2) is 6.30. The maximum absolute atomic E-state index is 4.50. The Morgan fingerprint density at radius 3 is 2.50 bits per heavy atom. The predicted octanol–water partition coefficient (Wildman–Crippen LogP) is 3.98. The molecule has 0 atom stereocenters. The lowest BCUT2D eigenvalue weighted by molar-refractivity contribution is -0.440. The third-order valence-electron chi connectivity index (χ3n) is 4.19. The van der Waals surface area contributed by atoms with E-state index in [0.717, 1.165) is 18.9 Å². The molecule has 0 saturated heterocycles. The molecule has 3 heteroatoms. The first kappa shape index (κ1) is 14.8. The topological polar surface area (TPSA) is 19.1 Å². The Balaban J connectivity index is 2.03. The van der Waals surface area contributed by atoms with Crippen molar-refractivity contribution in [2.75, 3.05) is 18.0 Å². The Kier molecular flexibility index (Phi) is 4.23. The fourth-order valence-electron chi connectivity index (χ4n) is 3.34. The summed E-state index contributed by atoms with van der Waals surface area (Å²) < 4.78 is 2.27. The van der Waals surface area contributed by atoms with Crippen LogP contribution in [-0.4, -0.2) is 29.0 Å². The summed E-state index contributed by atoms with van der Waals surface area (Å²) in [7, 11) is 0. The lowest BCUT2D eigenvalue weighted by Crippen LogP contribution is -2.27. The third kappa shape index (κ3) is 3.03. The molecule has 3 rings (SSSR count). The van der Waals surface area contributed by atoms with Gasteiger partial charge in [-0.25, -0.2) is 4.58 Å². The van der Waals surface area contributed by atoms with Crippen molar-refractivity contribution in [2.24, 2.45) is 0 Å². The number of pyridine rings is 1. The van der Waals surface area contributed by atoms with Crippen LogP contribution in [0.1, 0.15) is 29.5 Å². The van der Waals surface area contributed by atoms with Crippen LogP contribution in [-0.2, 0) is 0 Å². The molecule has 0 spiro atoms. The van der Waals surface area contributed by atoms with Gasteiger partial charge < -0.3 is 0 Å². The Labute approximate surface area is 132 Å². The molecule has 0 aliphatic carbocycles. The van der Waals surface area contributed by atoms with Crippen LogP contribution in [0.15, 0.2) is 36.5 Å². The van der Waals surface area contributed by atoms with E-state index in [1.165, 1.54) is 35.2 Å². The number of hydrogen-bond acceptors (Lipinski definition) is 2. The fraction of sp³-hybridized carbons (Fsp3) is 0.368. The number of rotatable bonds is 2. The number of aromatic nitrogens is 1. The van der Waals surface area contributed by atoms with Crippen LogP contribution < -0.4 is 4.90 Å². The zero-order chi connectivity index (χ0) is 15.5. The van der Waals surface area contributed by atoms with E-state index in [4.69, 9.17) is 0 Å². The Morgan fingerprint density at radius 2 is 1.82 bits per heavy atom. The highest BCUT2D eigenvalue weighted by molar-refractivity contribution is 5.80. The highest BCUT2D eigenvalue weighted by Gasteiger charge is 2.20. The molecule has 0 bridgehead atoms. The standard InChI is InChI=1S/C19H24N3/c1-15-12-16(2)19(17(3)13-15)22-11-7-6-10-21(14-22)18-8-4-5-9-20-18/h4-5,8-9,12-14H,6-7,10-11H2,1-3H3/q+1. The normalized spacial score (nSPS) is 15.4. The van der Waals surface area contributed by atoms with Crippen LogP contribution >= 0.6 is 0 Å². The van der Waals surface area contributed by atoms with Crippen molar-refractivity contribution in [3.63, 3.8) is 0 Å². The van der Waals surface area contributed by atoms with Crippen LogP contribution in [0.25, 0.3) is 0 Å². The molecule has 22 heavy (non-hydrogen) atoms. The lowest BCUT2D eigenvalue weighted by Gasteiger charge is -2.19. The van der Waals surface area contributed by atoms with Crippen molar-refractivity contribution in [3.8, 4) is 0 Å². The minimum absolute atomic E-state index is 1.02. The van der Waals surface area contributed by atoms with Crippen LogP contribution in [0.3, 0.4) is 0 Å². The van der Waals surface area contributed by atoms with Gasteiger partial charge in [-0.3, -0.25) is 4.90 Å². The minimum Gasteiger partial charge on any atom is -0.265 e. The van der Waals surface area contributed by atoms with Gasteiger partial charge in [0.05, 0.1) is 13.1 Å². The second-order valence-electron chi connectivity index (χ2n) is 6.14. The van der Waals surface area contributed by atoms with Gasteiger partial charge >= 0.3 is 0 Å². The third-order valence-corrected chi connectivity index (χ3v) is 4.19. The molecule has 1 aromatic carbocycles. The Hall–Kier alpha value is -2.16. The van der Waals surface area contributed by atoms with Gasteiger partial charge in [-0.05, 0) is 50.8 Å². The van der Waals surface area contributed by atoms with E-state index in [2.05, 4.69) is 59.8 Å². The molecule has 1 aliphatic heterocycles. The summed E-state index contributed by atoms with van der Waals surface area (Å²) in [6.45, 7) is 8.67. The van der Waals surface area contributed by atoms with E-state index in [0.29, 0.717) is 0 Å². The molecule has 0 unspecified atom stereocenters. The van der Waals surface area contributed by atoms with Gasteiger partial charge in [0.15, 0.2) is 6.34 Å². The summed E-state index contributed by atoms with van der Waals surface area (Å²) in [5.41, 5.74) is 5.36. The molecule has 0 N–H and O–H groups in total. The number of aryl methyl sites for hydroxylation is 3. The molecule has 2 aromatic rings. The monoisotopic (exact) mass is 294 g/mol. The minimum atomic E-state index is 1.02. The lowest BCUT2D eigenvalue weighted by atomic mass is 10.0. The molecule has 1 aliphatic rings. The SMILES string of the molecule is Cc1cc(C)c(N2C=[N+](c3ccccn3)CCCC2)c(C)c1. The number of anilines is 1. The van der Waals surface area contributed by atoms with Crippen molar-refractivity contribution >= 4 is 17.8 Å². The first-order chi connectivity index (χ1) is 10.6. The predicted molar refractivity (Wildman–Crippen MR) is 92.3 cm³/mol. The molecular weight excluding hydrogens is 270 g/mol. The van der Waals surface area contributed by atoms with Crippen LogP contribution in [0.5, 0.6) is 0 Å². The van der Waals surface area contributed by atoms with Gasteiger partial charge in [0.2, 0.25) is 0 Å². The average Bonchev–Trinajstić information content (AvgIpc) is 2.73. The van der Waals surface area contributed by atoms with Gasteiger partial charge in [0.1, 0.15) is 11.9 Å².